The van der Waals surface area contributed by atoms with Crippen molar-refractivity contribution in [3.05, 3.63) is 97.2 Å². The number of amides is 1. The smallest absolute Gasteiger partial charge is 0.306 e. The van der Waals surface area contributed by atoms with Gasteiger partial charge in [0.1, 0.15) is 24.4 Å². The van der Waals surface area contributed by atoms with Crippen LogP contribution in [-0.2, 0) is 23.8 Å². The number of hydrogen-bond donors (Lipinski definition) is 6. The van der Waals surface area contributed by atoms with Crippen LogP contribution in [-0.4, -0.2) is 99.6 Å². The molecule has 1 aliphatic heterocycles. The Labute approximate surface area is 539 Å². The third-order valence-electron chi connectivity index (χ3n) is 16.7. The Morgan fingerprint density at radius 3 is 1.25 bits per heavy atom. The molecule has 8 atom stereocenters. The molecule has 0 radical (unpaired) electrons. The molecular weight excluding hydrogens is 1100 g/mol. The molecule has 8 unspecified atom stereocenters. The van der Waals surface area contributed by atoms with Gasteiger partial charge in [-0.3, -0.25) is 9.59 Å². The fourth-order valence-electron chi connectivity index (χ4n) is 11.0. The van der Waals surface area contributed by atoms with E-state index >= 15 is 0 Å². The standard InChI is InChI=1S/C77H135NO10/c1-4-7-10-13-16-19-22-25-27-29-31-33-35-37-38-40-42-44-46-49-52-55-58-61-64-70(81)76(85)78-68(69(80)63-60-57-54-51-48-24-21-18-15-12-9-6-3)67-86-77-75(74(84)73(83)71(66-79)87-77)88-72(82)65-62-59-56-53-50-47-45-43-41-39-36-34-32-30-28-26-23-20-17-14-11-8-5-2/h8,11,16-17,19-20,25-28,32,34,39,41,60,63,68-71,73-75,77,79-81,83-84H,4-7,9-10,12-15,18,21-24,29-31,33,35-38,40,42-59,61-62,64-67H2,1-3H3,(H,78,85)/b11-8-,19-16-,20-17-,27-25-,28-26-,34-32-,41-39-,63-60+. The lowest BCUT2D eigenvalue weighted by Crippen LogP contribution is -2.61. The summed E-state index contributed by atoms with van der Waals surface area (Å²) in [6.45, 7) is 5.68. The number of allylic oxidation sites excluding steroid dienone is 15. The molecule has 0 spiro atoms. The van der Waals surface area contributed by atoms with Gasteiger partial charge < -0.3 is 45.1 Å². The number of rotatable bonds is 62. The number of ether oxygens (including phenoxy) is 3. The van der Waals surface area contributed by atoms with Gasteiger partial charge in [0.2, 0.25) is 5.91 Å². The van der Waals surface area contributed by atoms with E-state index in [2.05, 4.69) is 111 Å². The van der Waals surface area contributed by atoms with Crippen LogP contribution in [0.15, 0.2) is 97.2 Å². The summed E-state index contributed by atoms with van der Waals surface area (Å²) in [5.74, 6) is -1.20. The quantitative estimate of drug-likeness (QED) is 0.0195. The van der Waals surface area contributed by atoms with Crippen molar-refractivity contribution in [2.45, 2.75) is 365 Å². The molecule has 1 aliphatic rings. The van der Waals surface area contributed by atoms with Crippen LogP contribution >= 0.6 is 0 Å². The minimum Gasteiger partial charge on any atom is -0.454 e. The van der Waals surface area contributed by atoms with Gasteiger partial charge in [-0.25, -0.2) is 0 Å². The lowest BCUT2D eigenvalue weighted by molar-refractivity contribution is -0.305. The molecule has 0 saturated carbocycles. The van der Waals surface area contributed by atoms with Gasteiger partial charge in [-0.05, 0) is 103 Å². The zero-order valence-electron chi connectivity index (χ0n) is 56.6. The zero-order valence-corrected chi connectivity index (χ0v) is 56.6. The zero-order chi connectivity index (χ0) is 63.9. The van der Waals surface area contributed by atoms with Crippen molar-refractivity contribution in [1.29, 1.82) is 0 Å². The number of esters is 1. The molecule has 6 N–H and O–H groups in total. The van der Waals surface area contributed by atoms with E-state index in [1.165, 1.54) is 148 Å². The van der Waals surface area contributed by atoms with E-state index in [4.69, 9.17) is 14.2 Å². The number of unbranched alkanes of at least 4 members (excludes halogenated alkanes) is 34. The van der Waals surface area contributed by atoms with Crippen LogP contribution < -0.4 is 5.32 Å². The highest BCUT2D eigenvalue weighted by molar-refractivity contribution is 5.80. The number of carbonyl (C=O) groups is 2. The van der Waals surface area contributed by atoms with Gasteiger partial charge in [-0.1, -0.05) is 304 Å². The first-order valence-corrected chi connectivity index (χ1v) is 36.5. The maximum Gasteiger partial charge on any atom is 0.306 e. The Hall–Kier alpha value is -3.42. The van der Waals surface area contributed by atoms with Crippen molar-refractivity contribution in [2.75, 3.05) is 13.2 Å². The first kappa shape index (κ1) is 82.6. The summed E-state index contributed by atoms with van der Waals surface area (Å²) < 4.78 is 17.7. The lowest BCUT2D eigenvalue weighted by Gasteiger charge is -2.41. The van der Waals surface area contributed by atoms with Crippen molar-refractivity contribution >= 4 is 11.9 Å². The molecule has 0 aromatic carbocycles. The van der Waals surface area contributed by atoms with E-state index in [1.54, 1.807) is 6.08 Å². The molecule has 11 heteroatoms. The van der Waals surface area contributed by atoms with E-state index in [9.17, 15) is 35.1 Å². The number of nitrogens with one attached hydrogen (secondary N) is 1. The third-order valence-corrected chi connectivity index (χ3v) is 16.7. The molecule has 0 aromatic heterocycles. The van der Waals surface area contributed by atoms with Gasteiger partial charge in [0, 0.05) is 6.42 Å². The molecule has 0 aromatic rings. The summed E-state index contributed by atoms with van der Waals surface area (Å²) in [5.41, 5.74) is 0. The van der Waals surface area contributed by atoms with Crippen LogP contribution in [0.1, 0.15) is 316 Å². The molecule has 11 nitrogen and oxygen atoms in total. The molecular formula is C77H135NO10. The van der Waals surface area contributed by atoms with Crippen LogP contribution in [0.4, 0.5) is 0 Å². The molecule has 1 fully saturated rings. The predicted octanol–water partition coefficient (Wildman–Crippen LogP) is 19.0. The summed E-state index contributed by atoms with van der Waals surface area (Å²) in [5, 5.41) is 57.3. The summed E-state index contributed by atoms with van der Waals surface area (Å²) >= 11 is 0. The first-order chi connectivity index (χ1) is 43.2. The maximum absolute atomic E-state index is 13.5. The Kier molecular flexibility index (Phi) is 59.8. The summed E-state index contributed by atoms with van der Waals surface area (Å²) in [6.07, 6.45) is 75.8. The van der Waals surface area contributed by atoms with Crippen LogP contribution in [0.3, 0.4) is 0 Å². The second-order valence-corrected chi connectivity index (χ2v) is 24.9. The van der Waals surface area contributed by atoms with E-state index in [-0.39, 0.29) is 19.4 Å². The number of aliphatic hydroxyl groups excluding tert-OH is 5. The van der Waals surface area contributed by atoms with Crippen molar-refractivity contribution in [3.8, 4) is 0 Å². The van der Waals surface area contributed by atoms with E-state index in [1.807, 2.05) is 6.08 Å². The summed E-state index contributed by atoms with van der Waals surface area (Å²) in [4.78, 5) is 26.7. The van der Waals surface area contributed by atoms with E-state index < -0.39 is 67.4 Å². The van der Waals surface area contributed by atoms with Crippen LogP contribution in [0.2, 0.25) is 0 Å². The second kappa shape index (κ2) is 63.7. The Morgan fingerprint density at radius 1 is 0.455 bits per heavy atom. The van der Waals surface area contributed by atoms with Gasteiger partial charge in [-0.15, -0.1) is 0 Å². The molecule has 0 bridgehead atoms. The van der Waals surface area contributed by atoms with Crippen LogP contribution in [0.5, 0.6) is 0 Å². The van der Waals surface area contributed by atoms with E-state index in [0.29, 0.717) is 12.8 Å². The van der Waals surface area contributed by atoms with Crippen LogP contribution in [0, 0.1) is 0 Å². The lowest BCUT2D eigenvalue weighted by atomic mass is 9.99. The fourth-order valence-corrected chi connectivity index (χ4v) is 11.0. The minimum absolute atomic E-state index is 0.107. The van der Waals surface area contributed by atoms with Crippen molar-refractivity contribution in [2.24, 2.45) is 0 Å². The first-order valence-electron chi connectivity index (χ1n) is 36.5. The number of aliphatic hydroxyl groups is 5. The van der Waals surface area contributed by atoms with Crippen molar-refractivity contribution in [1.82, 2.24) is 5.32 Å². The van der Waals surface area contributed by atoms with Gasteiger partial charge in [0.15, 0.2) is 12.4 Å². The molecule has 88 heavy (non-hydrogen) atoms. The molecule has 0 aliphatic carbocycles. The Bertz CT molecular complexity index is 1800. The predicted molar refractivity (Wildman–Crippen MR) is 370 cm³/mol. The van der Waals surface area contributed by atoms with Gasteiger partial charge in [0.05, 0.1) is 25.4 Å². The average Bonchev–Trinajstić information content (AvgIpc) is 2.54. The molecule has 1 amide bonds. The SMILES string of the molecule is CC/C=C\C/C=C\C/C=C\C/C=C\C/C=C\CCCCCCCCCC(=O)OC1C(OCC(NC(=O)C(O)CCCCCCCCCCCCCCCC/C=C\C/C=C\CCCCC)C(O)/C=C/CCCCCCCCCCCC)OC(CO)C(O)C1O. The highest BCUT2D eigenvalue weighted by Gasteiger charge is 2.47. The molecule has 1 rings (SSSR count). The number of carbonyl (C=O) groups excluding carboxylic acids is 2. The maximum atomic E-state index is 13.5. The third kappa shape index (κ3) is 50.3. The van der Waals surface area contributed by atoms with Crippen molar-refractivity contribution in [3.63, 3.8) is 0 Å². The summed E-state index contributed by atoms with van der Waals surface area (Å²) in [6, 6.07) is -1.03. The average molecular weight is 1230 g/mol. The molecule has 1 heterocycles. The van der Waals surface area contributed by atoms with Gasteiger partial charge in [-0.2, -0.15) is 0 Å². The summed E-state index contributed by atoms with van der Waals surface area (Å²) in [7, 11) is 0. The largest absolute Gasteiger partial charge is 0.454 e. The topological polar surface area (TPSA) is 175 Å². The highest BCUT2D eigenvalue weighted by Crippen LogP contribution is 2.26. The van der Waals surface area contributed by atoms with E-state index in [0.717, 1.165) is 122 Å². The fraction of sp³-hybridized carbons (Fsp3) is 0.766. The minimum atomic E-state index is -1.62. The molecule has 1 saturated heterocycles. The molecule has 508 valence electrons. The Balaban J connectivity index is 2.57. The normalized spacial score (nSPS) is 18.8. The second-order valence-electron chi connectivity index (χ2n) is 24.9. The van der Waals surface area contributed by atoms with Gasteiger partial charge >= 0.3 is 5.97 Å². The monoisotopic (exact) mass is 1230 g/mol. The van der Waals surface area contributed by atoms with Crippen LogP contribution in [0.25, 0.3) is 0 Å². The van der Waals surface area contributed by atoms with Gasteiger partial charge in [0.25, 0.3) is 0 Å². The number of hydrogen-bond acceptors (Lipinski definition) is 10. The highest BCUT2D eigenvalue weighted by atomic mass is 16.7. The van der Waals surface area contributed by atoms with Crippen molar-refractivity contribution < 1.29 is 49.3 Å². The Morgan fingerprint density at radius 2 is 0.818 bits per heavy atom.